The van der Waals surface area contributed by atoms with Gasteiger partial charge in [0.05, 0.1) is 6.61 Å². The summed E-state index contributed by atoms with van der Waals surface area (Å²) < 4.78 is 5.34. The second-order valence-electron chi connectivity index (χ2n) is 5.82. The molecule has 0 aromatic heterocycles. The molecule has 0 bridgehead atoms. The van der Waals surface area contributed by atoms with Gasteiger partial charge in [0.15, 0.2) is 6.10 Å². The van der Waals surface area contributed by atoms with Crippen molar-refractivity contribution < 1.29 is 24.5 Å². The maximum Gasteiger partial charge on any atom is 0.332 e. The van der Waals surface area contributed by atoms with Crippen LogP contribution in [0.25, 0.3) is 0 Å². The number of nitrogens with zero attached hydrogens (tertiary/aromatic N) is 2. The molecule has 2 rings (SSSR count). The van der Waals surface area contributed by atoms with E-state index in [9.17, 15) is 14.7 Å². The minimum Gasteiger partial charge on any atom is -0.479 e. The van der Waals surface area contributed by atoms with Gasteiger partial charge in [-0.2, -0.15) is 0 Å². The van der Waals surface area contributed by atoms with Crippen LogP contribution in [0.5, 0.6) is 0 Å². The average molecular weight is 300 g/mol. The van der Waals surface area contributed by atoms with E-state index in [0.717, 1.165) is 25.9 Å². The summed E-state index contributed by atoms with van der Waals surface area (Å²) in [6.07, 6.45) is 0.982. The summed E-state index contributed by atoms with van der Waals surface area (Å²) in [6, 6.07) is 0.105. The highest BCUT2D eigenvalue weighted by Gasteiger charge is 2.38. The van der Waals surface area contributed by atoms with Gasteiger partial charge in [-0.15, -0.1) is 0 Å². The van der Waals surface area contributed by atoms with Crippen LogP contribution >= 0.6 is 0 Å². The second-order valence-corrected chi connectivity index (χ2v) is 5.82. The fourth-order valence-electron chi connectivity index (χ4n) is 3.07. The Labute approximate surface area is 124 Å². The average Bonchev–Trinajstić information content (AvgIpc) is 2.95. The van der Waals surface area contributed by atoms with E-state index in [2.05, 4.69) is 4.90 Å². The number of hydrogen-bond acceptors (Lipinski definition) is 5. The number of piperidine rings is 1. The molecule has 2 N–H and O–H groups in total. The van der Waals surface area contributed by atoms with Gasteiger partial charge < -0.3 is 24.7 Å². The highest BCUT2D eigenvalue weighted by molar-refractivity contribution is 5.83. The zero-order chi connectivity index (χ0) is 15.4. The highest BCUT2D eigenvalue weighted by atomic mass is 16.5. The second kappa shape index (κ2) is 7.20. The molecule has 120 valence electrons. The molecule has 0 aromatic carbocycles. The van der Waals surface area contributed by atoms with Crippen LogP contribution in [0.2, 0.25) is 0 Å². The zero-order valence-electron chi connectivity index (χ0n) is 12.4. The lowest BCUT2D eigenvalue weighted by atomic mass is 10.0. The number of likely N-dealkylation sites (tertiary alicyclic amines) is 1. The van der Waals surface area contributed by atoms with Crippen molar-refractivity contribution in [3.63, 3.8) is 0 Å². The third kappa shape index (κ3) is 3.93. The predicted octanol–water partition coefficient (Wildman–Crippen LogP) is -0.466. The minimum atomic E-state index is -1.02. The van der Waals surface area contributed by atoms with E-state index >= 15 is 0 Å². The molecule has 7 heteroatoms. The van der Waals surface area contributed by atoms with Crippen LogP contribution in [0.15, 0.2) is 0 Å². The van der Waals surface area contributed by atoms with Gasteiger partial charge in [-0.05, 0) is 45.8 Å². The van der Waals surface area contributed by atoms with Crippen molar-refractivity contribution in [1.82, 2.24) is 9.80 Å². The monoisotopic (exact) mass is 300 g/mol. The Hall–Kier alpha value is -1.18. The predicted molar refractivity (Wildman–Crippen MR) is 74.8 cm³/mol. The molecule has 2 aliphatic rings. The molecule has 0 aromatic rings. The maximum atomic E-state index is 12.6. The topological polar surface area (TPSA) is 90.3 Å². The fourth-order valence-corrected chi connectivity index (χ4v) is 3.07. The van der Waals surface area contributed by atoms with Crippen molar-refractivity contribution in [2.75, 3.05) is 33.3 Å². The summed E-state index contributed by atoms with van der Waals surface area (Å²) in [5.74, 6) is -1.19. The molecule has 21 heavy (non-hydrogen) atoms. The molecule has 0 spiro atoms. The number of aliphatic hydroxyl groups is 1. The summed E-state index contributed by atoms with van der Waals surface area (Å²) >= 11 is 0. The number of carbonyl (C=O) groups is 2. The van der Waals surface area contributed by atoms with Crippen LogP contribution in [0, 0.1) is 0 Å². The molecule has 2 atom stereocenters. The van der Waals surface area contributed by atoms with Crippen LogP contribution < -0.4 is 0 Å². The summed E-state index contributed by atoms with van der Waals surface area (Å²) in [5, 5.41) is 18.1. The van der Waals surface area contributed by atoms with Crippen molar-refractivity contribution in [3.8, 4) is 0 Å². The van der Waals surface area contributed by atoms with Crippen LogP contribution in [0.1, 0.15) is 25.7 Å². The van der Waals surface area contributed by atoms with E-state index in [0.29, 0.717) is 12.8 Å². The van der Waals surface area contributed by atoms with E-state index in [1.165, 1.54) is 0 Å². The molecule has 0 radical (unpaired) electrons. The first-order valence-corrected chi connectivity index (χ1v) is 7.51. The Balaban J connectivity index is 1.97. The van der Waals surface area contributed by atoms with E-state index in [1.807, 2.05) is 7.05 Å². The molecule has 1 amide bonds. The van der Waals surface area contributed by atoms with E-state index < -0.39 is 18.2 Å². The lowest BCUT2D eigenvalue weighted by Gasteiger charge is -2.38. The zero-order valence-corrected chi connectivity index (χ0v) is 12.4. The SMILES string of the molecule is CN1CCC(N(CCO)C(=O)[C@@H]2CC[C@H](C(=O)O)O2)CC1. The molecule has 7 nitrogen and oxygen atoms in total. The number of hydrogen-bond donors (Lipinski definition) is 2. The molecule has 2 heterocycles. The fraction of sp³-hybridized carbons (Fsp3) is 0.857. The minimum absolute atomic E-state index is 0.0901. The number of ether oxygens (including phenoxy) is 1. The van der Waals surface area contributed by atoms with Crippen LogP contribution in [0.4, 0.5) is 0 Å². The van der Waals surface area contributed by atoms with Gasteiger partial charge in [-0.3, -0.25) is 4.79 Å². The number of aliphatic carboxylic acids is 1. The third-order valence-electron chi connectivity index (χ3n) is 4.32. The van der Waals surface area contributed by atoms with E-state index in [1.54, 1.807) is 4.90 Å². The molecule has 0 saturated carbocycles. The first-order valence-electron chi connectivity index (χ1n) is 7.51. The molecule has 2 aliphatic heterocycles. The molecule has 0 unspecified atom stereocenters. The lowest BCUT2D eigenvalue weighted by Crippen LogP contribution is -2.50. The smallest absolute Gasteiger partial charge is 0.332 e. The Morgan fingerprint density at radius 3 is 2.33 bits per heavy atom. The Morgan fingerprint density at radius 2 is 1.81 bits per heavy atom. The van der Waals surface area contributed by atoms with Crippen molar-refractivity contribution in [3.05, 3.63) is 0 Å². The summed E-state index contributed by atoms with van der Waals surface area (Å²) in [6.45, 7) is 2.03. The summed E-state index contributed by atoms with van der Waals surface area (Å²) in [5.41, 5.74) is 0. The molecule has 2 fully saturated rings. The number of carbonyl (C=O) groups excluding carboxylic acids is 1. The Bertz CT molecular complexity index is 382. The van der Waals surface area contributed by atoms with Crippen LogP contribution in [-0.2, 0) is 14.3 Å². The van der Waals surface area contributed by atoms with Gasteiger partial charge in [-0.1, -0.05) is 0 Å². The largest absolute Gasteiger partial charge is 0.479 e. The number of aliphatic hydroxyl groups excluding tert-OH is 1. The number of amides is 1. The lowest BCUT2D eigenvalue weighted by molar-refractivity contribution is -0.156. The van der Waals surface area contributed by atoms with Crippen LogP contribution in [0.3, 0.4) is 0 Å². The molecule has 0 aliphatic carbocycles. The van der Waals surface area contributed by atoms with Gasteiger partial charge >= 0.3 is 5.97 Å². The van der Waals surface area contributed by atoms with Crippen molar-refractivity contribution in [2.45, 2.75) is 43.9 Å². The third-order valence-corrected chi connectivity index (χ3v) is 4.32. The van der Waals surface area contributed by atoms with Crippen molar-refractivity contribution in [1.29, 1.82) is 0 Å². The van der Waals surface area contributed by atoms with Gasteiger partial charge in [0.1, 0.15) is 6.10 Å². The standard InChI is InChI=1S/C14H24N2O5/c1-15-6-4-10(5-7-15)16(8-9-17)13(18)11-2-3-12(21-11)14(19)20/h10-12,17H,2-9H2,1H3,(H,19,20)/t11-,12+/m0/s1. The number of carboxylic acids is 1. The van der Waals surface area contributed by atoms with Gasteiger partial charge in [0.25, 0.3) is 5.91 Å². The van der Waals surface area contributed by atoms with Crippen LogP contribution in [-0.4, -0.2) is 83.4 Å². The molecule has 2 saturated heterocycles. The summed E-state index contributed by atoms with van der Waals surface area (Å²) in [7, 11) is 2.05. The van der Waals surface area contributed by atoms with Crippen molar-refractivity contribution >= 4 is 11.9 Å². The summed E-state index contributed by atoms with van der Waals surface area (Å²) in [4.78, 5) is 27.4. The normalized spacial score (nSPS) is 27.7. The molecular formula is C14H24N2O5. The Morgan fingerprint density at radius 1 is 1.19 bits per heavy atom. The quantitative estimate of drug-likeness (QED) is 0.714. The van der Waals surface area contributed by atoms with Gasteiger partial charge in [0.2, 0.25) is 0 Å². The first-order chi connectivity index (χ1) is 10.0. The van der Waals surface area contributed by atoms with Crippen molar-refractivity contribution in [2.24, 2.45) is 0 Å². The maximum absolute atomic E-state index is 12.6. The molecular weight excluding hydrogens is 276 g/mol. The van der Waals surface area contributed by atoms with Gasteiger partial charge in [-0.25, -0.2) is 4.79 Å². The highest BCUT2D eigenvalue weighted by Crippen LogP contribution is 2.24. The van der Waals surface area contributed by atoms with E-state index in [4.69, 9.17) is 9.84 Å². The van der Waals surface area contributed by atoms with Gasteiger partial charge in [0, 0.05) is 12.6 Å². The van der Waals surface area contributed by atoms with E-state index in [-0.39, 0.29) is 25.1 Å². The number of rotatable bonds is 5. The first kappa shape index (κ1) is 16.2. The number of carboxylic acid groups (broad SMARTS) is 1. The Kier molecular flexibility index (Phi) is 5.55.